The van der Waals surface area contributed by atoms with Crippen LogP contribution in [0.1, 0.15) is 66.1 Å². The molecule has 3 aromatic rings. The van der Waals surface area contributed by atoms with Crippen LogP contribution in [0.5, 0.6) is 0 Å². The Morgan fingerprint density at radius 2 is 0.985 bits per heavy atom. The smallest absolute Gasteiger partial charge is 0.351 e. The molecule has 0 aromatic carbocycles. The molecule has 3 aliphatic rings. The van der Waals surface area contributed by atoms with Crippen LogP contribution in [0.4, 0.5) is 38.0 Å². The van der Waals surface area contributed by atoms with Crippen molar-refractivity contribution in [2.24, 2.45) is 33.1 Å². The van der Waals surface area contributed by atoms with Gasteiger partial charge in [-0.3, -0.25) is 23.5 Å². The van der Waals surface area contributed by atoms with E-state index in [1.54, 1.807) is 13.8 Å². The highest BCUT2D eigenvalue weighted by molar-refractivity contribution is 5.25. The average molecular weight is 946 g/mol. The van der Waals surface area contributed by atoms with Gasteiger partial charge in [0.25, 0.3) is 23.3 Å². The minimum absolute atomic E-state index is 0.0635. The summed E-state index contributed by atoms with van der Waals surface area (Å²) < 4.78 is 105. The number of hydrogen-bond donors (Lipinski definition) is 4. The summed E-state index contributed by atoms with van der Waals surface area (Å²) in [5.74, 6) is -14.4. The molecule has 3 aromatic heterocycles. The van der Waals surface area contributed by atoms with Gasteiger partial charge >= 0.3 is 17.1 Å². The number of azide groups is 3. The average Bonchev–Trinajstić information content (AvgIpc) is 3.69. The first-order valence-corrected chi connectivity index (χ1v) is 19.7. The van der Waals surface area contributed by atoms with Gasteiger partial charge in [-0.1, -0.05) is 50.0 Å². The molecule has 0 bridgehead atoms. The zero-order valence-electron chi connectivity index (χ0n) is 35.7. The second kappa shape index (κ2) is 19.9. The number of nitrogens with two attached hydrogens (primary N) is 2. The Morgan fingerprint density at radius 1 is 0.652 bits per heavy atom. The molecule has 6 heterocycles. The number of aromatic nitrogens is 6. The maximum Gasteiger partial charge on any atom is 0.351 e. The van der Waals surface area contributed by atoms with E-state index in [4.69, 9.17) is 42.3 Å². The zero-order valence-corrected chi connectivity index (χ0v) is 35.7. The Hall–Kier alpha value is -6.61. The topological polar surface area (TPSA) is 371 Å². The number of hydrogen-bond acceptors (Lipinski definition) is 15. The number of nitrogens with zero attached hydrogens (tertiary/aromatic N) is 14. The number of ether oxygens (including phenoxy) is 3. The number of alkyl halides is 6. The molecule has 25 nitrogen and oxygen atoms in total. The van der Waals surface area contributed by atoms with Gasteiger partial charge in [-0.2, -0.15) is 9.97 Å². The first-order chi connectivity index (χ1) is 30.8. The van der Waals surface area contributed by atoms with Crippen molar-refractivity contribution in [3.8, 4) is 0 Å². The van der Waals surface area contributed by atoms with Crippen LogP contribution in [0, 0.1) is 17.8 Å². The van der Waals surface area contributed by atoms with Gasteiger partial charge in [-0.15, -0.1) is 0 Å². The zero-order chi connectivity index (χ0) is 49.6. The predicted molar refractivity (Wildman–Crippen MR) is 218 cm³/mol. The van der Waals surface area contributed by atoms with Crippen molar-refractivity contribution in [3.63, 3.8) is 0 Å². The fourth-order valence-corrected chi connectivity index (χ4v) is 7.65. The third-order valence-electron chi connectivity index (χ3n) is 12.1. The van der Waals surface area contributed by atoms with E-state index in [0.29, 0.717) is 13.7 Å². The summed E-state index contributed by atoms with van der Waals surface area (Å²) in [6, 6.07) is 3.38. The summed E-state index contributed by atoms with van der Waals surface area (Å²) in [4.78, 5) is 62.8. The molecule has 66 heavy (non-hydrogen) atoms. The van der Waals surface area contributed by atoms with Crippen LogP contribution >= 0.6 is 0 Å². The van der Waals surface area contributed by atoms with E-state index in [0.717, 1.165) is 31.6 Å². The molecule has 0 unspecified atom stereocenters. The number of aromatic amines is 1. The van der Waals surface area contributed by atoms with E-state index in [-0.39, 0.29) is 37.6 Å². The van der Waals surface area contributed by atoms with E-state index in [2.05, 4.69) is 40.0 Å². The maximum atomic E-state index is 14.6. The first kappa shape index (κ1) is 52.0. The molecule has 3 aliphatic heterocycles. The van der Waals surface area contributed by atoms with Crippen LogP contribution in [0.2, 0.25) is 0 Å². The highest BCUT2D eigenvalue weighted by Crippen LogP contribution is 2.55. The summed E-state index contributed by atoms with van der Waals surface area (Å²) in [5, 5.41) is 19.4. The number of aliphatic hydroxyl groups excluding tert-OH is 1. The summed E-state index contributed by atoms with van der Waals surface area (Å²) in [6.07, 6.45) is -2.17. The third kappa shape index (κ3) is 9.67. The molecule has 360 valence electrons. The summed E-state index contributed by atoms with van der Waals surface area (Å²) in [7, 11) is 0. The van der Waals surface area contributed by atoms with E-state index in [1.165, 1.54) is 26.0 Å². The summed E-state index contributed by atoms with van der Waals surface area (Å²) in [6.45, 7) is 5.23. The quantitative estimate of drug-likeness (QED) is 0.0841. The van der Waals surface area contributed by atoms with Crippen LogP contribution in [0.3, 0.4) is 0 Å². The second-order valence-corrected chi connectivity index (χ2v) is 15.4. The Labute approximate surface area is 367 Å². The van der Waals surface area contributed by atoms with Gasteiger partial charge in [0.15, 0.2) is 0 Å². The van der Waals surface area contributed by atoms with Crippen LogP contribution in [0.15, 0.2) is 71.3 Å². The number of nitrogen functional groups attached to an aromatic ring is 2. The maximum absolute atomic E-state index is 14.6. The lowest BCUT2D eigenvalue weighted by molar-refractivity contribution is -0.141. The molecule has 6 rings (SSSR count). The Kier molecular flexibility index (Phi) is 15.7. The van der Waals surface area contributed by atoms with E-state index < -0.39 is 107 Å². The second-order valence-electron chi connectivity index (χ2n) is 15.4. The van der Waals surface area contributed by atoms with Crippen LogP contribution < -0.4 is 34.1 Å². The van der Waals surface area contributed by atoms with E-state index in [9.17, 15) is 50.6 Å². The lowest BCUT2D eigenvalue weighted by atomic mass is 9.84. The van der Waals surface area contributed by atoms with Gasteiger partial charge in [0.2, 0.25) is 18.7 Å². The van der Waals surface area contributed by atoms with E-state index >= 15 is 0 Å². The number of anilines is 2. The van der Waals surface area contributed by atoms with Crippen molar-refractivity contribution in [2.45, 2.75) is 101 Å². The molecule has 0 radical (unpaired) electrons. The monoisotopic (exact) mass is 945 g/mol. The van der Waals surface area contributed by atoms with Crippen molar-refractivity contribution >= 4 is 11.6 Å². The number of nitrogens with one attached hydrogen (secondary N) is 1. The minimum Gasteiger partial charge on any atom is -0.393 e. The standard InChI is InChI=1S/C12H16F2N6O2.C12H15F2N5O3.C11H14F2N6O3/c1-3-11(6-17-19-16)7(2)12(13,14)9(22-11)20-5-4-8(15)18-10(20)21;1-3-11(6-16-18-15)7(2)12(13,14)9(22-11)19-5-4-8(20)17-10(19)21;1-6-10(5-20,4-16-18-15)22-8(11(6,12)13)19-3-2-7(14)17-9(19)21/h4-5,7,9H,3,6H2,1-2H3,(H2,15,18,21);4-5,7,9H,3,6H2,1-2H3,(H,17,20,21);2-3,6,8,20H,4-5H2,1H3,(H2,14,17,21)/t2*7-,9-,11+;6-,8-,10-/m111/s1. The van der Waals surface area contributed by atoms with Crippen LogP contribution in [-0.4, -0.2) is 94.6 Å². The van der Waals surface area contributed by atoms with Gasteiger partial charge in [0, 0.05) is 39.4 Å². The third-order valence-corrected chi connectivity index (χ3v) is 12.1. The Balaban J connectivity index is 0.000000216. The predicted octanol–water partition coefficient (Wildman–Crippen LogP) is 4.55. The number of rotatable bonds is 12. The molecule has 31 heteroatoms. The normalized spacial score (nSPS) is 30.0. The highest BCUT2D eigenvalue weighted by atomic mass is 19.3. The van der Waals surface area contributed by atoms with Crippen molar-refractivity contribution in [1.82, 2.24) is 28.7 Å². The Bertz CT molecular complexity index is 2520. The fourth-order valence-electron chi connectivity index (χ4n) is 7.65. The largest absolute Gasteiger partial charge is 0.393 e. The van der Waals surface area contributed by atoms with Crippen molar-refractivity contribution in [3.05, 3.63) is 110 Å². The minimum atomic E-state index is -3.49. The van der Waals surface area contributed by atoms with Gasteiger partial charge < -0.3 is 30.8 Å². The lowest BCUT2D eigenvalue weighted by Gasteiger charge is -2.29. The summed E-state index contributed by atoms with van der Waals surface area (Å²) >= 11 is 0. The molecule has 0 spiro atoms. The molecule has 0 amide bonds. The molecule has 9 atom stereocenters. The molecule has 0 aliphatic carbocycles. The molecule has 3 fully saturated rings. The number of H-pyrrole nitrogens is 1. The van der Waals surface area contributed by atoms with Crippen molar-refractivity contribution in [1.29, 1.82) is 0 Å². The van der Waals surface area contributed by atoms with Crippen LogP contribution in [0.25, 0.3) is 31.3 Å². The number of aliphatic hydroxyl groups is 1. The fraction of sp³-hybridized carbons (Fsp3) is 0.657. The van der Waals surface area contributed by atoms with Gasteiger partial charge in [-0.25, -0.2) is 40.7 Å². The molecular formula is C35H45F6N17O8. The Morgan fingerprint density at radius 3 is 1.32 bits per heavy atom. The molecule has 0 saturated carbocycles. The van der Waals surface area contributed by atoms with Crippen LogP contribution in [-0.2, 0) is 14.2 Å². The molecular weight excluding hydrogens is 900 g/mol. The first-order valence-electron chi connectivity index (χ1n) is 19.7. The van der Waals surface area contributed by atoms with Gasteiger partial charge in [-0.05, 0) is 41.6 Å². The highest BCUT2D eigenvalue weighted by Gasteiger charge is 2.66. The molecule has 3 saturated heterocycles. The van der Waals surface area contributed by atoms with Gasteiger partial charge in [0.05, 0.1) is 55.2 Å². The molecule has 6 N–H and O–H groups in total. The lowest BCUT2D eigenvalue weighted by Crippen LogP contribution is -2.44. The van der Waals surface area contributed by atoms with E-state index in [1.807, 2.05) is 4.98 Å². The number of halogens is 6. The van der Waals surface area contributed by atoms with Crippen molar-refractivity contribution in [2.75, 3.05) is 37.7 Å². The summed E-state index contributed by atoms with van der Waals surface area (Å²) in [5.41, 5.74) is 27.8. The SMILES string of the molecule is CC[C@@]1(CN=[N+]=[N-])O[C@@H](n2ccc(=O)[nH]c2=O)C(F)(F)[C@@H]1C.CC[C@@]1(CN=[N+]=[N-])O[C@@H](n2ccc(N)nc2=O)C(F)(F)[C@@H]1C.C[C@H]1C(F)(F)[C@H](n2ccc(N)nc2=O)O[C@@]1(CO)CN=[N+]=[N-]. The van der Waals surface area contributed by atoms with Gasteiger partial charge in [0.1, 0.15) is 17.2 Å². The van der Waals surface area contributed by atoms with Crippen molar-refractivity contribution < 1.29 is 45.7 Å².